The highest BCUT2D eigenvalue weighted by Gasteiger charge is 2.08. The lowest BCUT2D eigenvalue weighted by atomic mass is 10.1. The fourth-order valence-corrected chi connectivity index (χ4v) is 2.23. The number of carbonyl (C=O) groups is 1. The lowest BCUT2D eigenvalue weighted by molar-refractivity contribution is -0.140. The molecule has 0 amide bonds. The van der Waals surface area contributed by atoms with Crippen molar-refractivity contribution in [3.8, 4) is 0 Å². The first-order chi connectivity index (χ1) is 8.61. The van der Waals surface area contributed by atoms with Crippen LogP contribution in [-0.2, 0) is 16.0 Å². The van der Waals surface area contributed by atoms with E-state index >= 15 is 0 Å². The summed E-state index contributed by atoms with van der Waals surface area (Å²) in [7, 11) is 1.40. The van der Waals surface area contributed by atoms with Crippen LogP contribution in [-0.4, -0.2) is 18.1 Å². The molecule has 1 aromatic heterocycles. The van der Waals surface area contributed by atoms with Gasteiger partial charge in [0.05, 0.1) is 17.2 Å². The predicted molar refractivity (Wildman–Crippen MR) is 73.3 cm³/mol. The van der Waals surface area contributed by atoms with E-state index in [9.17, 15) is 4.79 Å². The molecule has 0 bridgehead atoms. The Morgan fingerprint density at radius 1 is 1.33 bits per heavy atom. The molecule has 0 saturated heterocycles. The second kappa shape index (κ2) is 5.63. The summed E-state index contributed by atoms with van der Waals surface area (Å²) in [4.78, 5) is 14.2. The zero-order chi connectivity index (χ0) is 13.1. The molecule has 0 fully saturated rings. The predicted octanol–water partition coefficient (Wildman–Crippen LogP) is 3.97. The van der Waals surface area contributed by atoms with Crippen molar-refractivity contribution in [3.05, 3.63) is 33.9 Å². The molecule has 18 heavy (non-hydrogen) atoms. The second-order valence-corrected chi connectivity index (χ2v) is 4.87. The van der Waals surface area contributed by atoms with Crippen molar-refractivity contribution >= 4 is 40.1 Å². The van der Waals surface area contributed by atoms with E-state index in [2.05, 4.69) is 9.72 Å². The van der Waals surface area contributed by atoms with Crippen molar-refractivity contribution in [2.75, 3.05) is 7.11 Å². The van der Waals surface area contributed by atoms with Gasteiger partial charge in [-0.3, -0.25) is 4.79 Å². The Kier molecular flexibility index (Phi) is 4.15. The summed E-state index contributed by atoms with van der Waals surface area (Å²) >= 11 is 12.0. The monoisotopic (exact) mass is 285 g/mol. The van der Waals surface area contributed by atoms with Crippen LogP contribution in [0.3, 0.4) is 0 Å². The third-order valence-electron chi connectivity index (χ3n) is 2.86. The first kappa shape index (κ1) is 13.2. The molecule has 0 aliphatic carbocycles. The molecular formula is C13H13Cl2NO2. The molecule has 1 aromatic carbocycles. The van der Waals surface area contributed by atoms with E-state index in [0.717, 1.165) is 29.3 Å². The SMILES string of the molecule is COC(=O)CCCc1c[nH]c2cc(Cl)c(Cl)cc12. The highest BCUT2D eigenvalue weighted by molar-refractivity contribution is 6.42. The lowest BCUT2D eigenvalue weighted by Gasteiger charge is -2.01. The minimum absolute atomic E-state index is 0.184. The van der Waals surface area contributed by atoms with Gasteiger partial charge < -0.3 is 9.72 Å². The van der Waals surface area contributed by atoms with E-state index in [4.69, 9.17) is 23.2 Å². The van der Waals surface area contributed by atoms with Crippen molar-refractivity contribution in [1.29, 1.82) is 0 Å². The fourth-order valence-electron chi connectivity index (χ4n) is 1.91. The number of esters is 1. The van der Waals surface area contributed by atoms with Crippen LogP contribution in [0, 0.1) is 0 Å². The highest BCUT2D eigenvalue weighted by Crippen LogP contribution is 2.29. The van der Waals surface area contributed by atoms with Crippen LogP contribution in [0.1, 0.15) is 18.4 Å². The molecule has 0 radical (unpaired) electrons. The molecule has 0 aliphatic heterocycles. The average molecular weight is 286 g/mol. The maximum Gasteiger partial charge on any atom is 0.305 e. The molecule has 1 heterocycles. The van der Waals surface area contributed by atoms with E-state index in [-0.39, 0.29) is 5.97 Å². The molecule has 1 N–H and O–H groups in total. The standard InChI is InChI=1S/C13H13Cl2NO2/c1-18-13(17)4-2-3-8-7-16-12-6-11(15)10(14)5-9(8)12/h5-7,16H,2-4H2,1H3. The summed E-state index contributed by atoms with van der Waals surface area (Å²) in [6, 6.07) is 3.66. The van der Waals surface area contributed by atoms with E-state index in [0.29, 0.717) is 16.5 Å². The molecule has 2 aromatic rings. The lowest BCUT2D eigenvalue weighted by Crippen LogP contribution is -2.00. The van der Waals surface area contributed by atoms with Gasteiger partial charge in [0, 0.05) is 23.5 Å². The van der Waals surface area contributed by atoms with Gasteiger partial charge in [-0.15, -0.1) is 0 Å². The smallest absolute Gasteiger partial charge is 0.305 e. The molecule has 2 rings (SSSR count). The highest BCUT2D eigenvalue weighted by atomic mass is 35.5. The minimum Gasteiger partial charge on any atom is -0.469 e. The number of H-pyrrole nitrogens is 1. The maximum atomic E-state index is 11.0. The van der Waals surface area contributed by atoms with Gasteiger partial charge in [-0.05, 0) is 30.5 Å². The molecule has 96 valence electrons. The van der Waals surface area contributed by atoms with Gasteiger partial charge >= 0.3 is 5.97 Å². The number of rotatable bonds is 4. The minimum atomic E-state index is -0.184. The topological polar surface area (TPSA) is 42.1 Å². The number of methoxy groups -OCH3 is 1. The van der Waals surface area contributed by atoms with Gasteiger partial charge in [-0.25, -0.2) is 0 Å². The van der Waals surface area contributed by atoms with Crippen molar-refractivity contribution in [2.24, 2.45) is 0 Å². The quantitative estimate of drug-likeness (QED) is 0.864. The zero-order valence-corrected chi connectivity index (χ0v) is 11.4. The summed E-state index contributed by atoms with van der Waals surface area (Å²) in [5, 5.41) is 2.12. The van der Waals surface area contributed by atoms with E-state index in [1.165, 1.54) is 7.11 Å². The van der Waals surface area contributed by atoms with Crippen molar-refractivity contribution in [3.63, 3.8) is 0 Å². The van der Waals surface area contributed by atoms with E-state index in [1.54, 1.807) is 0 Å². The van der Waals surface area contributed by atoms with Crippen LogP contribution >= 0.6 is 23.2 Å². The van der Waals surface area contributed by atoms with E-state index < -0.39 is 0 Å². The number of aryl methyl sites for hydroxylation is 1. The average Bonchev–Trinajstić information content (AvgIpc) is 2.72. The van der Waals surface area contributed by atoms with Crippen molar-refractivity contribution in [2.45, 2.75) is 19.3 Å². The second-order valence-electron chi connectivity index (χ2n) is 4.06. The number of benzene rings is 1. The van der Waals surface area contributed by atoms with Crippen LogP contribution in [0.5, 0.6) is 0 Å². The zero-order valence-electron chi connectivity index (χ0n) is 9.93. The number of nitrogens with one attached hydrogen (secondary N) is 1. The normalized spacial score (nSPS) is 10.8. The maximum absolute atomic E-state index is 11.0. The first-order valence-electron chi connectivity index (χ1n) is 5.63. The van der Waals surface area contributed by atoms with Gasteiger partial charge in [-0.1, -0.05) is 23.2 Å². The number of fused-ring (bicyclic) bond motifs is 1. The number of hydrogen-bond donors (Lipinski definition) is 1. The van der Waals surface area contributed by atoms with Crippen LogP contribution < -0.4 is 0 Å². The van der Waals surface area contributed by atoms with E-state index in [1.807, 2.05) is 18.3 Å². The van der Waals surface area contributed by atoms with Gasteiger partial charge in [0.1, 0.15) is 0 Å². The summed E-state index contributed by atoms with van der Waals surface area (Å²) < 4.78 is 4.61. The fraction of sp³-hybridized carbons (Fsp3) is 0.308. The van der Waals surface area contributed by atoms with Crippen LogP contribution in [0.15, 0.2) is 18.3 Å². The Morgan fingerprint density at radius 3 is 2.78 bits per heavy atom. The number of aromatic nitrogens is 1. The Labute approximate surface area is 115 Å². The number of ether oxygens (including phenoxy) is 1. The van der Waals surface area contributed by atoms with Crippen molar-refractivity contribution in [1.82, 2.24) is 4.98 Å². The third kappa shape index (κ3) is 2.79. The molecule has 0 atom stereocenters. The summed E-state index contributed by atoms with van der Waals surface area (Å²) in [6.07, 6.45) is 3.89. The Hall–Kier alpha value is -1.19. The van der Waals surface area contributed by atoms with Crippen LogP contribution in [0.25, 0.3) is 10.9 Å². The van der Waals surface area contributed by atoms with Gasteiger partial charge in [-0.2, -0.15) is 0 Å². The van der Waals surface area contributed by atoms with Crippen LogP contribution in [0.2, 0.25) is 10.0 Å². The largest absolute Gasteiger partial charge is 0.469 e. The summed E-state index contributed by atoms with van der Waals surface area (Å²) in [5.74, 6) is -0.184. The van der Waals surface area contributed by atoms with Gasteiger partial charge in [0.25, 0.3) is 0 Å². The number of carbonyl (C=O) groups excluding carboxylic acids is 1. The summed E-state index contributed by atoms with van der Waals surface area (Å²) in [6.45, 7) is 0. The third-order valence-corrected chi connectivity index (χ3v) is 3.59. The number of aromatic amines is 1. The molecule has 3 nitrogen and oxygen atoms in total. The number of halogens is 2. The molecule has 0 aliphatic rings. The van der Waals surface area contributed by atoms with Gasteiger partial charge in [0.2, 0.25) is 0 Å². The molecular weight excluding hydrogens is 273 g/mol. The molecule has 0 saturated carbocycles. The van der Waals surface area contributed by atoms with Crippen molar-refractivity contribution < 1.29 is 9.53 Å². The Morgan fingerprint density at radius 2 is 2.06 bits per heavy atom. The molecule has 0 spiro atoms. The Bertz CT molecular complexity index is 578. The summed E-state index contributed by atoms with van der Waals surface area (Å²) in [5.41, 5.74) is 2.09. The molecule has 5 heteroatoms. The van der Waals surface area contributed by atoms with Gasteiger partial charge in [0.15, 0.2) is 0 Å². The molecule has 0 unspecified atom stereocenters. The van der Waals surface area contributed by atoms with Crippen LogP contribution in [0.4, 0.5) is 0 Å². The first-order valence-corrected chi connectivity index (χ1v) is 6.39. The Balaban J connectivity index is 2.14. The number of hydrogen-bond acceptors (Lipinski definition) is 2.